The summed E-state index contributed by atoms with van der Waals surface area (Å²) in [6, 6.07) is 13.7. The maximum Gasteiger partial charge on any atom is 0.325 e. The molecule has 2 aromatic carbocycles. The van der Waals surface area contributed by atoms with Gasteiger partial charge in [-0.1, -0.05) is 123 Å². The highest BCUT2D eigenvalue weighted by Gasteiger charge is 2.47. The van der Waals surface area contributed by atoms with Gasteiger partial charge in [-0.3, -0.25) is 53.4 Å². The summed E-state index contributed by atoms with van der Waals surface area (Å²) in [6.45, 7) is 17.6. The first-order chi connectivity index (χ1) is 45.1. The zero-order chi connectivity index (χ0) is 70.2. The Hall–Kier alpha value is -6.83. The van der Waals surface area contributed by atoms with Crippen molar-refractivity contribution in [2.75, 3.05) is 19.7 Å². The van der Waals surface area contributed by atoms with E-state index in [9.17, 15) is 53.7 Å². The third-order valence-corrected chi connectivity index (χ3v) is 19.3. The number of carbonyl (C=O) groups is 8. The third-order valence-electron chi connectivity index (χ3n) is 18.9. The van der Waals surface area contributed by atoms with E-state index in [-0.39, 0.29) is 23.7 Å². The molecule has 1 spiro atoms. The number of amides is 6. The van der Waals surface area contributed by atoms with E-state index < -0.39 is 116 Å². The Morgan fingerprint density at radius 2 is 1.41 bits per heavy atom. The van der Waals surface area contributed by atoms with Crippen molar-refractivity contribution in [1.29, 1.82) is 0 Å². The lowest BCUT2D eigenvalue weighted by Crippen LogP contribution is -2.61. The number of pyridine rings is 2. The van der Waals surface area contributed by atoms with Gasteiger partial charge in [0.05, 0.1) is 50.6 Å². The summed E-state index contributed by atoms with van der Waals surface area (Å²) in [5.41, 5.74) is 6.27. The summed E-state index contributed by atoms with van der Waals surface area (Å²) in [7, 11) is 0. The predicted octanol–water partition coefficient (Wildman–Crippen LogP) is 7.99. The molecule has 2 aliphatic carbocycles. The number of hydrazine groups is 2. The second kappa shape index (κ2) is 31.4. The normalized spacial score (nSPS) is 28.4. The number of carbonyl (C=O) groups excluding carboxylic acids is 8. The number of ether oxygens (including phenoxy) is 2. The fourth-order valence-corrected chi connectivity index (χ4v) is 12.7. The first-order valence-corrected chi connectivity index (χ1v) is 34.3. The van der Waals surface area contributed by atoms with Crippen LogP contribution in [0.15, 0.2) is 72.8 Å². The summed E-state index contributed by atoms with van der Waals surface area (Å²) >= 11 is 17.0. The molecule has 8 atom stereocenters. The first kappa shape index (κ1) is 75.0. The number of aliphatic hydroxyl groups is 3. The average Bonchev–Trinajstić information content (AvgIpc) is 0.821. The van der Waals surface area contributed by atoms with Crippen LogP contribution in [0.3, 0.4) is 0 Å². The molecule has 0 radical (unpaired) electrons. The third kappa shape index (κ3) is 19.3. The minimum Gasteiger partial charge on any atom is -0.460 e. The quantitative estimate of drug-likeness (QED) is 0.0479. The molecule has 0 unspecified atom stereocenters. The van der Waals surface area contributed by atoms with Crippen LogP contribution < -0.4 is 32.1 Å². The molecule has 2 aromatic heterocycles. The number of nitrogens with zero attached hydrogens (tertiary/aromatic N) is 4. The lowest BCUT2D eigenvalue weighted by Gasteiger charge is -2.41. The number of alkyl halides is 3. The van der Waals surface area contributed by atoms with E-state index in [1.165, 1.54) is 16.9 Å². The number of benzene rings is 2. The number of esters is 2. The molecular formula is C70H93Cl3N10O13. The second-order valence-corrected chi connectivity index (χ2v) is 30.3. The number of nitrogens with one attached hydrogen (secondary N) is 6. The molecule has 4 fully saturated rings. The standard InChI is InChI=1S/C36H48Cl3N5O7.C34H45N5O6/c1-21(2)29(30(46)40-22(3)31(47)44-18-6-7-27(43-44)32(48)51-20-36(37,38)39)42-33(49)35(16-14-34(5,50)15-17-35)13-12-24-8-9-25-10-11-26(23(4)45)41-28(25)19-24;1-20(2)28-29(40)35-21(3)30(41)39-18-6-7-26(38-39)31(42)45-22(4)25-11-10-24-9-8-23(19-27(24)36-25)12-13-34(32(43)37-28)16-14-33(5,44)15-17-34/h8-13,19,21-23,27,29,43,45,50H,6-7,14-18,20H2,1-5H3,(H,40,46)(H,42,49);8-13,19-22,26,28,38,44H,6-7,14-18H2,1-5H3,(H,35,40)(H,37,43)/b2*13-12+/t22-,23+,27-,29-,34?,35?;21-,22+,26-,28-,33?,34?/m00/s1. The van der Waals surface area contributed by atoms with Crippen LogP contribution in [-0.4, -0.2) is 154 Å². The van der Waals surface area contributed by atoms with Crippen molar-refractivity contribution in [3.63, 3.8) is 0 Å². The number of aliphatic hydroxyl groups excluding tert-OH is 1. The maximum absolute atomic E-state index is 14.2. The van der Waals surface area contributed by atoms with Crippen LogP contribution in [-0.2, 0) is 47.8 Å². The summed E-state index contributed by atoms with van der Waals surface area (Å²) in [5, 5.41) is 47.4. The summed E-state index contributed by atoms with van der Waals surface area (Å²) in [6.07, 6.45) is 11.3. The number of fused-ring (bicyclic) bond motifs is 5. The molecule has 6 amide bonds. The van der Waals surface area contributed by atoms with E-state index in [0.717, 1.165) is 21.9 Å². The average molecular weight is 1390 g/mol. The molecule has 2 saturated heterocycles. The predicted molar refractivity (Wildman–Crippen MR) is 365 cm³/mol. The number of halogens is 3. The van der Waals surface area contributed by atoms with Gasteiger partial charge in [-0.25, -0.2) is 15.8 Å². The lowest BCUT2D eigenvalue weighted by atomic mass is 9.68. The second-order valence-electron chi connectivity index (χ2n) is 27.8. The van der Waals surface area contributed by atoms with Gasteiger partial charge in [-0.2, -0.15) is 0 Å². The van der Waals surface area contributed by atoms with Crippen molar-refractivity contribution < 1.29 is 63.1 Å². The van der Waals surface area contributed by atoms with Crippen LogP contribution in [0.4, 0.5) is 0 Å². The van der Waals surface area contributed by atoms with Crippen molar-refractivity contribution in [2.24, 2.45) is 22.7 Å². The van der Waals surface area contributed by atoms with Gasteiger partial charge in [0.15, 0.2) is 0 Å². The molecule has 5 bridgehead atoms. The van der Waals surface area contributed by atoms with E-state index in [2.05, 4.69) is 37.1 Å². The molecule has 96 heavy (non-hydrogen) atoms. The Kier molecular flexibility index (Phi) is 24.5. The lowest BCUT2D eigenvalue weighted by molar-refractivity contribution is -0.157. The monoisotopic (exact) mass is 1390 g/mol. The molecule has 5 heterocycles. The van der Waals surface area contributed by atoms with Crippen LogP contribution in [0.2, 0.25) is 0 Å². The van der Waals surface area contributed by atoms with Gasteiger partial charge in [-0.15, -0.1) is 0 Å². The minimum absolute atomic E-state index is 0.263. The smallest absolute Gasteiger partial charge is 0.325 e. The van der Waals surface area contributed by atoms with Gasteiger partial charge < -0.3 is 46.1 Å². The number of aromatic nitrogens is 2. The van der Waals surface area contributed by atoms with Crippen LogP contribution in [0.25, 0.3) is 34.0 Å². The Bertz CT molecular complexity index is 3570. The van der Waals surface area contributed by atoms with Crippen molar-refractivity contribution in [2.45, 2.75) is 210 Å². The van der Waals surface area contributed by atoms with Crippen molar-refractivity contribution in [1.82, 2.24) is 52.1 Å². The molecule has 3 aliphatic heterocycles. The number of cyclic esters (lactones) is 1. The van der Waals surface area contributed by atoms with E-state index in [4.69, 9.17) is 49.3 Å². The molecule has 5 aliphatic rings. The largest absolute Gasteiger partial charge is 0.460 e. The summed E-state index contributed by atoms with van der Waals surface area (Å²) in [5.74, 6) is -4.27. The topological polar surface area (TPSA) is 320 Å². The molecular weight excluding hydrogens is 1300 g/mol. The summed E-state index contributed by atoms with van der Waals surface area (Å²) < 4.78 is 9.08. The molecule has 522 valence electrons. The number of rotatable bonds is 12. The van der Waals surface area contributed by atoms with E-state index in [0.29, 0.717) is 113 Å². The minimum atomic E-state index is -1.77. The van der Waals surface area contributed by atoms with Gasteiger partial charge in [0, 0.05) is 23.9 Å². The Balaban J connectivity index is 0.000000247. The highest BCUT2D eigenvalue weighted by molar-refractivity contribution is 6.67. The fourth-order valence-electron chi connectivity index (χ4n) is 12.5. The van der Waals surface area contributed by atoms with Crippen molar-refractivity contribution in [3.05, 3.63) is 95.3 Å². The van der Waals surface area contributed by atoms with E-state index >= 15 is 0 Å². The Labute approximate surface area is 575 Å². The van der Waals surface area contributed by atoms with Crippen molar-refractivity contribution >= 4 is 116 Å². The highest BCUT2D eigenvalue weighted by atomic mass is 35.6. The van der Waals surface area contributed by atoms with Gasteiger partial charge in [-0.05, 0) is 166 Å². The number of hydrogen-bond donors (Lipinski definition) is 9. The highest BCUT2D eigenvalue weighted by Crippen LogP contribution is 2.45. The van der Waals surface area contributed by atoms with Crippen LogP contribution in [0, 0.1) is 22.7 Å². The van der Waals surface area contributed by atoms with Crippen molar-refractivity contribution in [3.8, 4) is 0 Å². The zero-order valence-electron chi connectivity index (χ0n) is 56.3. The molecule has 9 rings (SSSR count). The molecule has 9 N–H and O–H groups in total. The van der Waals surface area contributed by atoms with Gasteiger partial charge in [0.2, 0.25) is 27.4 Å². The summed E-state index contributed by atoms with van der Waals surface area (Å²) in [4.78, 5) is 117. The van der Waals surface area contributed by atoms with Crippen LogP contribution >= 0.6 is 34.8 Å². The number of hydrogen-bond acceptors (Lipinski definition) is 17. The fraction of sp³-hybridized carbons (Fsp3) is 0.571. The first-order valence-electron chi connectivity index (χ1n) is 33.2. The molecule has 23 nitrogen and oxygen atoms in total. The van der Waals surface area contributed by atoms with Gasteiger partial charge in [0.1, 0.15) is 49.0 Å². The Morgan fingerprint density at radius 3 is 2.05 bits per heavy atom. The maximum atomic E-state index is 14.2. The molecule has 2 saturated carbocycles. The van der Waals surface area contributed by atoms with Gasteiger partial charge in [0.25, 0.3) is 11.8 Å². The van der Waals surface area contributed by atoms with E-state index in [1.54, 1.807) is 54.5 Å². The zero-order valence-corrected chi connectivity index (χ0v) is 58.6. The van der Waals surface area contributed by atoms with E-state index in [1.807, 2.05) is 92.7 Å². The van der Waals surface area contributed by atoms with Crippen LogP contribution in [0.1, 0.15) is 181 Å². The SMILES string of the molecule is CC(C)[C@@H]1NC(=O)C2(/C=C/c3ccc4ccc(nc4c3)[C@@H](C)OC(=O)[C@@H]3CCCN(N3)C(=O)[C@H](C)NC1=O)CCC(C)(O)CC2.CC(C)[C@H](NC(=O)C1(/C=C/c2ccc3ccc([C@@H](C)O)nc3c2)CCC(C)(O)CC1)C(=O)N[C@@H](C)C(=O)N1CCC[C@@H](C(=O)OCC(Cl)(Cl)Cl)N1. The molecule has 26 heteroatoms. The van der Waals surface area contributed by atoms with Gasteiger partial charge >= 0.3 is 11.9 Å². The molecule has 4 aromatic rings. The van der Waals surface area contributed by atoms with Crippen LogP contribution in [0.5, 0.6) is 0 Å². The Morgan fingerprint density at radius 1 is 0.781 bits per heavy atom.